The molecule has 1 aromatic rings. The lowest BCUT2D eigenvalue weighted by atomic mass is 9.98. The molecule has 0 aliphatic rings. The first kappa shape index (κ1) is 9.33. The van der Waals surface area contributed by atoms with Crippen LogP contribution < -0.4 is 0 Å². The molecule has 0 amide bonds. The molecule has 2 atom stereocenters. The minimum atomic E-state index is -0.300. The van der Waals surface area contributed by atoms with Crippen molar-refractivity contribution in [1.82, 2.24) is 4.98 Å². The summed E-state index contributed by atoms with van der Waals surface area (Å²) in [6.45, 7) is 4.31. The molecular weight excluding hydrogens is 150 g/mol. The van der Waals surface area contributed by atoms with Gasteiger partial charge in [0.15, 0.2) is 0 Å². The first-order valence-corrected chi connectivity index (χ1v) is 4.54. The number of aromatic amines is 1. The van der Waals surface area contributed by atoms with Crippen molar-refractivity contribution in [2.45, 2.75) is 32.8 Å². The highest BCUT2D eigenvalue weighted by atomic mass is 16.3. The maximum atomic E-state index is 9.69. The van der Waals surface area contributed by atoms with Gasteiger partial charge < -0.3 is 10.1 Å². The van der Waals surface area contributed by atoms with Crippen LogP contribution in [0, 0.1) is 5.92 Å². The summed E-state index contributed by atoms with van der Waals surface area (Å²) in [5.74, 6) is 0.592. The Balaban J connectivity index is 2.44. The summed E-state index contributed by atoms with van der Waals surface area (Å²) in [7, 11) is 0. The number of hydrogen-bond donors (Lipinski definition) is 2. The van der Waals surface area contributed by atoms with E-state index >= 15 is 0 Å². The predicted octanol–water partition coefficient (Wildman–Crippen LogP) is 2.48. The summed E-state index contributed by atoms with van der Waals surface area (Å²) in [6, 6.07) is 1.92. The van der Waals surface area contributed by atoms with Crippen molar-refractivity contribution < 1.29 is 5.11 Å². The van der Waals surface area contributed by atoms with Crippen LogP contribution in [0.15, 0.2) is 18.5 Å². The Kier molecular flexibility index (Phi) is 3.35. The first-order chi connectivity index (χ1) is 5.74. The van der Waals surface area contributed by atoms with E-state index in [1.807, 2.05) is 18.5 Å². The van der Waals surface area contributed by atoms with Gasteiger partial charge in [-0.05, 0) is 24.0 Å². The zero-order valence-electron chi connectivity index (χ0n) is 7.75. The van der Waals surface area contributed by atoms with Gasteiger partial charge in [-0.1, -0.05) is 20.3 Å². The van der Waals surface area contributed by atoms with Gasteiger partial charge in [0.2, 0.25) is 0 Å². The summed E-state index contributed by atoms with van der Waals surface area (Å²) in [5.41, 5.74) is 0.996. The number of aliphatic hydroxyl groups is 1. The third kappa shape index (κ3) is 2.38. The van der Waals surface area contributed by atoms with Crippen molar-refractivity contribution in [2.24, 2.45) is 5.92 Å². The van der Waals surface area contributed by atoms with Gasteiger partial charge in [0.05, 0.1) is 6.10 Å². The summed E-state index contributed by atoms with van der Waals surface area (Å²) in [5, 5.41) is 9.69. The van der Waals surface area contributed by atoms with Crippen LogP contribution in [0.5, 0.6) is 0 Å². The van der Waals surface area contributed by atoms with Crippen molar-refractivity contribution in [3.8, 4) is 0 Å². The lowest BCUT2D eigenvalue weighted by molar-refractivity contribution is 0.146. The number of H-pyrrole nitrogens is 1. The van der Waals surface area contributed by atoms with Crippen molar-refractivity contribution in [2.75, 3.05) is 0 Å². The van der Waals surface area contributed by atoms with E-state index < -0.39 is 0 Å². The highest BCUT2D eigenvalue weighted by Crippen LogP contribution is 2.21. The van der Waals surface area contributed by atoms with Crippen molar-refractivity contribution in [1.29, 1.82) is 0 Å². The van der Waals surface area contributed by atoms with E-state index in [4.69, 9.17) is 0 Å². The number of nitrogens with one attached hydrogen (secondary N) is 1. The van der Waals surface area contributed by atoms with Gasteiger partial charge in [0, 0.05) is 12.4 Å². The highest BCUT2D eigenvalue weighted by Gasteiger charge is 2.10. The van der Waals surface area contributed by atoms with Crippen molar-refractivity contribution >= 4 is 0 Å². The molecule has 0 radical (unpaired) electrons. The van der Waals surface area contributed by atoms with Crippen LogP contribution in [0.3, 0.4) is 0 Å². The van der Waals surface area contributed by atoms with Crippen LogP contribution in [0.4, 0.5) is 0 Å². The molecule has 0 spiro atoms. The first-order valence-electron chi connectivity index (χ1n) is 4.54. The van der Waals surface area contributed by atoms with E-state index in [1.54, 1.807) is 0 Å². The number of hydrogen-bond acceptors (Lipinski definition) is 1. The lowest BCUT2D eigenvalue weighted by Gasteiger charge is -2.13. The molecule has 68 valence electrons. The fourth-order valence-electron chi connectivity index (χ4n) is 1.23. The standard InChI is InChI=1S/C10H17NO/c1-3-8(2)6-10(12)9-4-5-11-7-9/h4-5,7-8,10-12H,3,6H2,1-2H3. The molecule has 1 aromatic heterocycles. The zero-order valence-corrected chi connectivity index (χ0v) is 7.75. The van der Waals surface area contributed by atoms with Crippen LogP contribution >= 0.6 is 0 Å². The predicted molar refractivity (Wildman–Crippen MR) is 49.8 cm³/mol. The Bertz CT molecular complexity index is 206. The second-order valence-corrected chi connectivity index (χ2v) is 3.41. The highest BCUT2D eigenvalue weighted by molar-refractivity contribution is 5.11. The minimum Gasteiger partial charge on any atom is -0.388 e. The maximum absolute atomic E-state index is 9.69. The summed E-state index contributed by atoms with van der Waals surface area (Å²) in [4.78, 5) is 2.94. The van der Waals surface area contributed by atoms with Crippen LogP contribution in [0.1, 0.15) is 38.4 Å². The van der Waals surface area contributed by atoms with E-state index in [2.05, 4.69) is 18.8 Å². The van der Waals surface area contributed by atoms with Gasteiger partial charge >= 0.3 is 0 Å². The average molecular weight is 167 g/mol. The van der Waals surface area contributed by atoms with Gasteiger partial charge in [-0.2, -0.15) is 0 Å². The van der Waals surface area contributed by atoms with E-state index in [-0.39, 0.29) is 6.10 Å². The Morgan fingerprint density at radius 3 is 2.83 bits per heavy atom. The van der Waals surface area contributed by atoms with Crippen LogP contribution in [0.25, 0.3) is 0 Å². The molecule has 2 nitrogen and oxygen atoms in total. The van der Waals surface area contributed by atoms with Crippen molar-refractivity contribution in [3.63, 3.8) is 0 Å². The molecule has 0 fully saturated rings. The van der Waals surface area contributed by atoms with Gasteiger partial charge in [0.25, 0.3) is 0 Å². The molecule has 1 heterocycles. The molecule has 0 aliphatic heterocycles. The van der Waals surface area contributed by atoms with E-state index in [0.29, 0.717) is 5.92 Å². The zero-order chi connectivity index (χ0) is 8.97. The third-order valence-electron chi connectivity index (χ3n) is 2.33. The third-order valence-corrected chi connectivity index (χ3v) is 2.33. The van der Waals surface area contributed by atoms with Crippen LogP contribution in [-0.2, 0) is 0 Å². The normalized spacial score (nSPS) is 15.9. The number of rotatable bonds is 4. The molecule has 0 saturated heterocycles. The molecule has 2 unspecified atom stereocenters. The van der Waals surface area contributed by atoms with E-state index in [1.165, 1.54) is 0 Å². The van der Waals surface area contributed by atoms with Gasteiger partial charge in [-0.15, -0.1) is 0 Å². The summed E-state index contributed by atoms with van der Waals surface area (Å²) in [6.07, 6.45) is 5.38. The molecular formula is C10H17NO. The second kappa shape index (κ2) is 4.31. The quantitative estimate of drug-likeness (QED) is 0.710. The Labute approximate surface area is 73.6 Å². The topological polar surface area (TPSA) is 36.0 Å². The monoisotopic (exact) mass is 167 g/mol. The lowest BCUT2D eigenvalue weighted by Crippen LogP contribution is -2.02. The minimum absolute atomic E-state index is 0.300. The fourth-order valence-corrected chi connectivity index (χ4v) is 1.23. The average Bonchev–Trinajstić information content (AvgIpc) is 2.56. The molecule has 2 N–H and O–H groups in total. The molecule has 2 heteroatoms. The van der Waals surface area contributed by atoms with E-state index in [9.17, 15) is 5.11 Å². The molecule has 12 heavy (non-hydrogen) atoms. The van der Waals surface area contributed by atoms with Crippen LogP contribution in [-0.4, -0.2) is 10.1 Å². The molecule has 0 saturated carbocycles. The van der Waals surface area contributed by atoms with E-state index in [0.717, 1.165) is 18.4 Å². The number of aromatic nitrogens is 1. The largest absolute Gasteiger partial charge is 0.388 e. The summed E-state index contributed by atoms with van der Waals surface area (Å²) < 4.78 is 0. The SMILES string of the molecule is CCC(C)CC(O)c1cc[nH]c1. The van der Waals surface area contributed by atoms with Crippen molar-refractivity contribution in [3.05, 3.63) is 24.0 Å². The molecule has 0 bridgehead atoms. The van der Waals surface area contributed by atoms with Gasteiger partial charge in [-0.3, -0.25) is 0 Å². The maximum Gasteiger partial charge on any atom is 0.0807 e. The molecule has 0 aliphatic carbocycles. The van der Waals surface area contributed by atoms with Crippen LogP contribution in [0.2, 0.25) is 0 Å². The van der Waals surface area contributed by atoms with Gasteiger partial charge in [-0.25, -0.2) is 0 Å². The number of aliphatic hydroxyl groups excluding tert-OH is 1. The smallest absolute Gasteiger partial charge is 0.0807 e. The second-order valence-electron chi connectivity index (χ2n) is 3.41. The molecule has 1 rings (SSSR count). The Hall–Kier alpha value is -0.760. The fraction of sp³-hybridized carbons (Fsp3) is 0.600. The summed E-state index contributed by atoms with van der Waals surface area (Å²) >= 11 is 0. The molecule has 0 aromatic carbocycles. The Morgan fingerprint density at radius 1 is 1.58 bits per heavy atom. The Morgan fingerprint density at radius 2 is 2.33 bits per heavy atom. The van der Waals surface area contributed by atoms with Gasteiger partial charge in [0.1, 0.15) is 0 Å².